The fourth-order valence-corrected chi connectivity index (χ4v) is 2.93. The molecule has 24 heavy (non-hydrogen) atoms. The maximum atomic E-state index is 12.4. The maximum Gasteiger partial charge on any atom is 0.325 e. The largest absolute Gasteiger partial charge is 0.494 e. The summed E-state index contributed by atoms with van der Waals surface area (Å²) in [6.07, 6.45) is 2.44. The molecule has 0 bridgehead atoms. The lowest BCUT2D eigenvalue weighted by Gasteiger charge is -2.20. The number of non-ortho nitro benzene ring substituents is 1. The van der Waals surface area contributed by atoms with Crippen LogP contribution < -0.4 is 10.1 Å². The van der Waals surface area contributed by atoms with Crippen molar-refractivity contribution in [3.8, 4) is 5.75 Å². The first kappa shape index (κ1) is 16.2. The topological polar surface area (TPSA) is 102 Å². The molecule has 3 rings (SSSR count). The Morgan fingerprint density at radius 2 is 2.00 bits per heavy atom. The van der Waals surface area contributed by atoms with Crippen molar-refractivity contribution in [2.24, 2.45) is 5.92 Å². The third-order valence-electron chi connectivity index (χ3n) is 4.54. The van der Waals surface area contributed by atoms with Gasteiger partial charge in [-0.1, -0.05) is 0 Å². The molecule has 0 aromatic heterocycles. The van der Waals surface area contributed by atoms with Crippen LogP contribution >= 0.6 is 0 Å². The standard InChI is InChI=1S/C16H19N3O5/c1-16(11-3-4-11)14(20)18(15(21)17-16)9-2-10-24-13-7-5-12(6-8-13)19(22)23/h5-8,11H,2-4,9-10H2,1H3,(H,17,21). The van der Waals surface area contributed by atoms with Crippen LogP contribution in [-0.4, -0.2) is 40.5 Å². The lowest BCUT2D eigenvalue weighted by molar-refractivity contribution is -0.384. The van der Waals surface area contributed by atoms with Crippen molar-refractivity contribution in [1.29, 1.82) is 0 Å². The van der Waals surface area contributed by atoms with Crippen LogP contribution in [0.3, 0.4) is 0 Å². The number of nitrogens with one attached hydrogen (secondary N) is 1. The van der Waals surface area contributed by atoms with Gasteiger partial charge in [0.2, 0.25) is 0 Å². The maximum absolute atomic E-state index is 12.4. The van der Waals surface area contributed by atoms with Gasteiger partial charge in [-0.2, -0.15) is 0 Å². The molecule has 0 spiro atoms. The zero-order valence-electron chi connectivity index (χ0n) is 13.4. The van der Waals surface area contributed by atoms with Gasteiger partial charge in [0.05, 0.1) is 11.5 Å². The predicted octanol–water partition coefficient (Wildman–Crippen LogP) is 2.08. The van der Waals surface area contributed by atoms with E-state index in [9.17, 15) is 19.7 Å². The van der Waals surface area contributed by atoms with Gasteiger partial charge in [0.25, 0.3) is 11.6 Å². The van der Waals surface area contributed by atoms with E-state index in [1.807, 2.05) is 0 Å². The Morgan fingerprint density at radius 3 is 2.58 bits per heavy atom. The molecule has 1 aromatic carbocycles. The number of nitro groups is 1. The van der Waals surface area contributed by atoms with Crippen LogP contribution in [0.1, 0.15) is 26.2 Å². The van der Waals surface area contributed by atoms with E-state index in [2.05, 4.69) is 5.32 Å². The number of imide groups is 1. The van der Waals surface area contributed by atoms with Gasteiger partial charge in [-0.3, -0.25) is 19.8 Å². The monoisotopic (exact) mass is 333 g/mol. The average molecular weight is 333 g/mol. The van der Waals surface area contributed by atoms with Gasteiger partial charge >= 0.3 is 6.03 Å². The summed E-state index contributed by atoms with van der Waals surface area (Å²) in [4.78, 5) is 35.8. The lowest BCUT2D eigenvalue weighted by Crippen LogP contribution is -2.46. The first-order valence-electron chi connectivity index (χ1n) is 7.93. The summed E-state index contributed by atoms with van der Waals surface area (Å²) in [6, 6.07) is 5.44. The lowest BCUT2D eigenvalue weighted by atomic mass is 9.96. The minimum absolute atomic E-state index is 0.000969. The summed E-state index contributed by atoms with van der Waals surface area (Å²) >= 11 is 0. The minimum Gasteiger partial charge on any atom is -0.494 e. The number of urea groups is 1. The summed E-state index contributed by atoms with van der Waals surface area (Å²) in [6.45, 7) is 2.40. The smallest absolute Gasteiger partial charge is 0.325 e. The van der Waals surface area contributed by atoms with Crippen LogP contribution in [0.4, 0.5) is 10.5 Å². The molecule has 1 saturated heterocycles. The Hall–Kier alpha value is -2.64. The van der Waals surface area contributed by atoms with Crippen molar-refractivity contribution < 1.29 is 19.2 Å². The third kappa shape index (κ3) is 3.04. The summed E-state index contributed by atoms with van der Waals surface area (Å²) < 4.78 is 5.49. The summed E-state index contributed by atoms with van der Waals surface area (Å²) in [5.74, 6) is 0.598. The van der Waals surface area contributed by atoms with Gasteiger partial charge in [-0.25, -0.2) is 4.79 Å². The molecule has 3 amide bonds. The summed E-state index contributed by atoms with van der Waals surface area (Å²) in [5.41, 5.74) is -0.753. The first-order valence-corrected chi connectivity index (χ1v) is 7.93. The number of carbonyl (C=O) groups excluding carboxylic acids is 2. The van der Waals surface area contributed by atoms with Gasteiger partial charge in [-0.05, 0) is 44.2 Å². The van der Waals surface area contributed by atoms with E-state index < -0.39 is 10.5 Å². The van der Waals surface area contributed by atoms with Crippen molar-refractivity contribution in [1.82, 2.24) is 10.2 Å². The van der Waals surface area contributed by atoms with E-state index in [4.69, 9.17) is 4.74 Å². The Morgan fingerprint density at radius 1 is 1.33 bits per heavy atom. The van der Waals surface area contributed by atoms with E-state index in [0.29, 0.717) is 25.3 Å². The van der Waals surface area contributed by atoms with Crippen molar-refractivity contribution in [2.75, 3.05) is 13.2 Å². The Balaban J connectivity index is 1.47. The van der Waals surface area contributed by atoms with E-state index in [1.54, 1.807) is 6.92 Å². The molecule has 1 saturated carbocycles. The minimum atomic E-state index is -0.754. The van der Waals surface area contributed by atoms with Crippen LogP contribution in [0.25, 0.3) is 0 Å². The number of carbonyl (C=O) groups is 2. The molecular formula is C16H19N3O5. The third-order valence-corrected chi connectivity index (χ3v) is 4.54. The van der Waals surface area contributed by atoms with Crippen molar-refractivity contribution >= 4 is 17.6 Å². The molecule has 128 valence electrons. The average Bonchev–Trinajstić information content (AvgIpc) is 3.36. The highest BCUT2D eigenvalue weighted by atomic mass is 16.6. The van der Waals surface area contributed by atoms with Gasteiger partial charge < -0.3 is 10.1 Å². The molecule has 1 N–H and O–H groups in total. The van der Waals surface area contributed by atoms with Crippen molar-refractivity contribution in [2.45, 2.75) is 31.7 Å². The highest BCUT2D eigenvalue weighted by Crippen LogP contribution is 2.42. The van der Waals surface area contributed by atoms with Crippen LogP contribution in [0.5, 0.6) is 5.75 Å². The zero-order valence-corrected chi connectivity index (χ0v) is 13.4. The van der Waals surface area contributed by atoms with Crippen LogP contribution in [-0.2, 0) is 4.79 Å². The number of benzene rings is 1. The van der Waals surface area contributed by atoms with E-state index >= 15 is 0 Å². The van der Waals surface area contributed by atoms with Gasteiger partial charge in [0.1, 0.15) is 11.3 Å². The molecule has 1 unspecified atom stereocenters. The second-order valence-corrected chi connectivity index (χ2v) is 6.32. The molecule has 0 radical (unpaired) electrons. The molecule has 1 aliphatic carbocycles. The van der Waals surface area contributed by atoms with E-state index in [-0.39, 0.29) is 23.5 Å². The van der Waals surface area contributed by atoms with Gasteiger partial charge in [0, 0.05) is 18.7 Å². The number of nitrogens with zero attached hydrogens (tertiary/aromatic N) is 2. The number of hydrogen-bond acceptors (Lipinski definition) is 5. The molecule has 1 aromatic rings. The normalized spacial score (nSPS) is 23.3. The second kappa shape index (κ2) is 6.10. The number of nitro benzene ring substituents is 1. The molecule has 1 heterocycles. The van der Waals surface area contributed by atoms with Crippen molar-refractivity contribution in [3.05, 3.63) is 34.4 Å². The fraction of sp³-hybridized carbons (Fsp3) is 0.500. The zero-order chi connectivity index (χ0) is 17.3. The molecule has 8 nitrogen and oxygen atoms in total. The quantitative estimate of drug-likeness (QED) is 0.356. The van der Waals surface area contributed by atoms with Gasteiger partial charge in [0.15, 0.2) is 0 Å². The Labute approximate surface area is 138 Å². The molecule has 2 fully saturated rings. The highest BCUT2D eigenvalue weighted by molar-refractivity contribution is 6.07. The van der Waals surface area contributed by atoms with Crippen molar-refractivity contribution in [3.63, 3.8) is 0 Å². The van der Waals surface area contributed by atoms with Crippen LogP contribution in [0.15, 0.2) is 24.3 Å². The molecule has 1 atom stereocenters. The Kier molecular flexibility index (Phi) is 4.13. The predicted molar refractivity (Wildman–Crippen MR) is 84.6 cm³/mol. The number of rotatable bonds is 7. The van der Waals surface area contributed by atoms with E-state index in [1.165, 1.54) is 29.2 Å². The number of hydrogen-bond donors (Lipinski definition) is 1. The van der Waals surface area contributed by atoms with Crippen LogP contribution in [0.2, 0.25) is 0 Å². The molecule has 1 aliphatic heterocycles. The number of ether oxygens (including phenoxy) is 1. The first-order chi connectivity index (χ1) is 11.4. The van der Waals surface area contributed by atoms with E-state index in [0.717, 1.165) is 12.8 Å². The molecular weight excluding hydrogens is 314 g/mol. The second-order valence-electron chi connectivity index (χ2n) is 6.32. The summed E-state index contributed by atoms with van der Waals surface area (Å²) in [7, 11) is 0. The highest BCUT2D eigenvalue weighted by Gasteiger charge is 2.55. The van der Waals surface area contributed by atoms with Crippen LogP contribution in [0, 0.1) is 16.0 Å². The SMILES string of the molecule is CC1(C2CC2)NC(=O)N(CCCOc2ccc([N+](=O)[O-])cc2)C1=O. The van der Waals surface area contributed by atoms with Gasteiger partial charge in [-0.15, -0.1) is 0 Å². The fourth-order valence-electron chi connectivity index (χ4n) is 2.93. The summed E-state index contributed by atoms with van der Waals surface area (Å²) in [5, 5.41) is 13.4. The Bertz CT molecular complexity index is 671. The number of amides is 3. The molecule has 8 heteroatoms. The molecule has 2 aliphatic rings.